The fourth-order valence-corrected chi connectivity index (χ4v) is 1.28. The molecule has 0 saturated heterocycles. The van der Waals surface area contributed by atoms with Gasteiger partial charge in [0, 0.05) is 19.1 Å². The number of carbonyl (C=O) groups is 1. The topological polar surface area (TPSA) is 113 Å². The van der Waals surface area contributed by atoms with E-state index in [1.54, 1.807) is 0 Å². The zero-order valence-electron chi connectivity index (χ0n) is 9.94. The van der Waals surface area contributed by atoms with Gasteiger partial charge in [-0.15, -0.1) is 0 Å². The van der Waals surface area contributed by atoms with E-state index >= 15 is 0 Å². The molecule has 100 valence electrons. The Morgan fingerprint density at radius 1 is 1.32 bits per heavy atom. The van der Waals surface area contributed by atoms with Crippen molar-refractivity contribution in [3.05, 3.63) is 55.8 Å². The molecular weight excluding hydrogens is 256 g/mol. The van der Waals surface area contributed by atoms with Crippen LogP contribution in [0, 0.1) is 20.2 Å². The van der Waals surface area contributed by atoms with E-state index in [1.165, 1.54) is 24.3 Å². The zero-order chi connectivity index (χ0) is 14.4. The summed E-state index contributed by atoms with van der Waals surface area (Å²) in [5, 5.41) is 21.5. The van der Waals surface area contributed by atoms with Crippen LogP contribution in [0.3, 0.4) is 0 Å². The third kappa shape index (κ3) is 4.19. The summed E-state index contributed by atoms with van der Waals surface area (Å²) in [6.07, 6.45) is 1.01. The number of para-hydroxylation sites is 1. The summed E-state index contributed by atoms with van der Waals surface area (Å²) in [4.78, 5) is 30.8. The van der Waals surface area contributed by atoms with E-state index in [0.717, 1.165) is 13.0 Å². The minimum absolute atomic E-state index is 0.0753. The number of nitro groups is 2. The van der Waals surface area contributed by atoms with Crippen molar-refractivity contribution in [3.63, 3.8) is 0 Å². The molecule has 0 atom stereocenters. The molecule has 0 N–H and O–H groups in total. The van der Waals surface area contributed by atoms with Gasteiger partial charge < -0.3 is 4.74 Å². The number of hydrogen-bond donors (Lipinski definition) is 0. The van der Waals surface area contributed by atoms with Crippen LogP contribution >= 0.6 is 0 Å². The van der Waals surface area contributed by atoms with Crippen molar-refractivity contribution in [1.82, 2.24) is 0 Å². The summed E-state index contributed by atoms with van der Waals surface area (Å²) >= 11 is 0. The van der Waals surface area contributed by atoms with Crippen LogP contribution < -0.4 is 0 Å². The lowest BCUT2D eigenvalue weighted by molar-refractivity contribution is -0.428. The van der Waals surface area contributed by atoms with E-state index in [2.05, 4.69) is 4.74 Å². The molecule has 0 heterocycles. The van der Waals surface area contributed by atoms with Gasteiger partial charge in [0.2, 0.25) is 0 Å². The lowest BCUT2D eigenvalue weighted by Crippen LogP contribution is -2.10. The number of nitro benzene ring substituents is 1. The second-order valence-electron chi connectivity index (χ2n) is 3.49. The lowest BCUT2D eigenvalue weighted by atomic mass is 10.1. The Bertz CT molecular complexity index is 552. The van der Waals surface area contributed by atoms with E-state index in [0.29, 0.717) is 0 Å². The Morgan fingerprint density at radius 2 is 1.95 bits per heavy atom. The number of nitrogens with zero attached hydrogens (tertiary/aromatic N) is 2. The van der Waals surface area contributed by atoms with Crippen molar-refractivity contribution < 1.29 is 19.4 Å². The van der Waals surface area contributed by atoms with E-state index in [4.69, 9.17) is 0 Å². The monoisotopic (exact) mass is 266 g/mol. The molecule has 8 nitrogen and oxygen atoms in total. The molecule has 0 unspecified atom stereocenters. The highest BCUT2D eigenvalue weighted by molar-refractivity contribution is 5.67. The van der Waals surface area contributed by atoms with Gasteiger partial charge in [-0.1, -0.05) is 12.1 Å². The molecule has 0 aliphatic rings. The van der Waals surface area contributed by atoms with Gasteiger partial charge in [-0.25, -0.2) is 0 Å². The maximum atomic E-state index is 10.8. The van der Waals surface area contributed by atoms with Crippen LogP contribution in [0.1, 0.15) is 12.5 Å². The number of rotatable bonds is 5. The molecule has 0 aromatic heterocycles. The van der Waals surface area contributed by atoms with Crippen LogP contribution in [0.4, 0.5) is 5.69 Å². The quantitative estimate of drug-likeness (QED) is 0.456. The van der Waals surface area contributed by atoms with Crippen molar-refractivity contribution >= 4 is 17.7 Å². The van der Waals surface area contributed by atoms with Gasteiger partial charge in [0.05, 0.1) is 15.4 Å². The molecule has 0 saturated carbocycles. The Morgan fingerprint density at radius 3 is 2.47 bits per heavy atom. The van der Waals surface area contributed by atoms with Gasteiger partial charge >= 0.3 is 5.97 Å². The molecule has 1 aromatic carbocycles. The van der Waals surface area contributed by atoms with E-state index < -0.39 is 28.1 Å². The summed E-state index contributed by atoms with van der Waals surface area (Å²) in [7, 11) is 0. The van der Waals surface area contributed by atoms with Crippen LogP contribution in [-0.2, 0) is 9.53 Å². The van der Waals surface area contributed by atoms with E-state index in [1.807, 2.05) is 0 Å². The number of esters is 1. The van der Waals surface area contributed by atoms with Crippen molar-refractivity contribution in [1.29, 1.82) is 0 Å². The molecule has 0 aliphatic heterocycles. The Kier molecular flexibility index (Phi) is 4.69. The van der Waals surface area contributed by atoms with Crippen LogP contribution in [0.15, 0.2) is 30.0 Å². The lowest BCUT2D eigenvalue weighted by Gasteiger charge is -2.01. The van der Waals surface area contributed by atoms with Gasteiger partial charge in [0.15, 0.2) is 6.61 Å². The van der Waals surface area contributed by atoms with E-state index in [-0.39, 0.29) is 11.3 Å². The average molecular weight is 266 g/mol. The molecule has 0 fully saturated rings. The molecule has 19 heavy (non-hydrogen) atoms. The first kappa shape index (κ1) is 14.3. The molecule has 0 aliphatic carbocycles. The summed E-state index contributed by atoms with van der Waals surface area (Å²) in [6.45, 7) is 0.566. The summed E-state index contributed by atoms with van der Waals surface area (Å²) < 4.78 is 4.52. The summed E-state index contributed by atoms with van der Waals surface area (Å²) in [5.74, 6) is -0.671. The average Bonchev–Trinajstić information content (AvgIpc) is 2.34. The summed E-state index contributed by atoms with van der Waals surface area (Å²) in [6, 6.07) is 5.57. The maximum Gasteiger partial charge on any atom is 0.303 e. The second kappa shape index (κ2) is 6.24. The first-order chi connectivity index (χ1) is 8.91. The molecule has 0 radical (unpaired) electrons. The summed E-state index contributed by atoms with van der Waals surface area (Å²) in [5.41, 5.74) is -0.625. The number of carbonyl (C=O) groups excluding carboxylic acids is 1. The second-order valence-corrected chi connectivity index (χ2v) is 3.49. The predicted octanol–water partition coefficient (Wildman–Crippen LogP) is 1.78. The van der Waals surface area contributed by atoms with Crippen molar-refractivity contribution in [2.24, 2.45) is 0 Å². The Balaban J connectivity index is 3.11. The third-order valence-corrected chi connectivity index (χ3v) is 2.11. The zero-order valence-corrected chi connectivity index (χ0v) is 9.94. The SMILES string of the molecule is CC(=O)OC/C(=C/c1ccccc1[N+](=O)[O-])[N+](=O)[O-]. The highest BCUT2D eigenvalue weighted by atomic mass is 16.6. The third-order valence-electron chi connectivity index (χ3n) is 2.11. The molecule has 8 heteroatoms. The minimum Gasteiger partial charge on any atom is -0.454 e. The standard InChI is InChI=1S/C11H10N2O6/c1-8(14)19-7-10(12(15)16)6-9-4-2-3-5-11(9)13(17)18/h2-6H,7H2,1H3/b10-6-. The molecule has 0 spiro atoms. The molecular formula is C11H10N2O6. The first-order valence-corrected chi connectivity index (χ1v) is 5.13. The number of hydrogen-bond acceptors (Lipinski definition) is 6. The fourth-order valence-electron chi connectivity index (χ4n) is 1.28. The highest BCUT2D eigenvalue weighted by Gasteiger charge is 2.17. The van der Waals surface area contributed by atoms with Gasteiger partial charge in [0.1, 0.15) is 0 Å². The Labute approximate surface area is 107 Å². The maximum absolute atomic E-state index is 10.8. The molecule has 0 amide bonds. The Hall–Kier alpha value is -2.77. The van der Waals surface area contributed by atoms with Gasteiger partial charge in [-0.2, -0.15) is 0 Å². The molecule has 0 bridgehead atoms. The van der Waals surface area contributed by atoms with Gasteiger partial charge in [-0.3, -0.25) is 25.0 Å². The smallest absolute Gasteiger partial charge is 0.303 e. The van der Waals surface area contributed by atoms with Gasteiger partial charge in [-0.05, 0) is 6.07 Å². The van der Waals surface area contributed by atoms with Crippen LogP contribution in [0.5, 0.6) is 0 Å². The molecule has 1 aromatic rings. The number of benzene rings is 1. The van der Waals surface area contributed by atoms with E-state index in [9.17, 15) is 25.0 Å². The molecule has 1 rings (SSSR count). The van der Waals surface area contributed by atoms with Crippen molar-refractivity contribution in [2.45, 2.75) is 6.92 Å². The minimum atomic E-state index is -0.750. The van der Waals surface area contributed by atoms with Crippen molar-refractivity contribution in [3.8, 4) is 0 Å². The largest absolute Gasteiger partial charge is 0.454 e. The van der Waals surface area contributed by atoms with Crippen LogP contribution in [-0.4, -0.2) is 22.4 Å². The van der Waals surface area contributed by atoms with Gasteiger partial charge in [0.25, 0.3) is 11.4 Å². The highest BCUT2D eigenvalue weighted by Crippen LogP contribution is 2.20. The normalized spacial score (nSPS) is 10.9. The van der Waals surface area contributed by atoms with Crippen LogP contribution in [0.25, 0.3) is 6.08 Å². The first-order valence-electron chi connectivity index (χ1n) is 5.13. The number of ether oxygens (including phenoxy) is 1. The predicted molar refractivity (Wildman–Crippen MR) is 64.7 cm³/mol. The van der Waals surface area contributed by atoms with Crippen molar-refractivity contribution in [2.75, 3.05) is 6.61 Å². The van der Waals surface area contributed by atoms with Crippen LogP contribution in [0.2, 0.25) is 0 Å². The fraction of sp³-hybridized carbons (Fsp3) is 0.182.